The van der Waals surface area contributed by atoms with Crippen LogP contribution in [0.3, 0.4) is 0 Å². The summed E-state index contributed by atoms with van der Waals surface area (Å²) in [6.45, 7) is 1.71. The van der Waals surface area contributed by atoms with Crippen molar-refractivity contribution in [3.05, 3.63) is 54.2 Å². The van der Waals surface area contributed by atoms with Crippen molar-refractivity contribution in [1.82, 2.24) is 19.9 Å². The Hall–Kier alpha value is -3.33. The molecule has 0 aliphatic heterocycles. The fourth-order valence-electron chi connectivity index (χ4n) is 2.68. The Labute approximate surface area is 157 Å². The number of halogens is 1. The quantitative estimate of drug-likeness (QED) is 0.488. The van der Waals surface area contributed by atoms with Crippen LogP contribution in [0, 0.1) is 12.7 Å². The van der Waals surface area contributed by atoms with Gasteiger partial charge in [0.1, 0.15) is 16.5 Å². The summed E-state index contributed by atoms with van der Waals surface area (Å²) in [5.41, 5.74) is 1.61. The van der Waals surface area contributed by atoms with Crippen molar-refractivity contribution in [2.75, 3.05) is 4.90 Å². The minimum absolute atomic E-state index is 0.203. The van der Waals surface area contributed by atoms with Gasteiger partial charge in [0.25, 0.3) is 0 Å². The van der Waals surface area contributed by atoms with Crippen LogP contribution in [0.1, 0.15) is 5.89 Å². The largest absolute Gasteiger partial charge is 0.339 e. The number of para-hydroxylation sites is 1. The summed E-state index contributed by atoms with van der Waals surface area (Å²) in [5, 5.41) is 8.89. The summed E-state index contributed by atoms with van der Waals surface area (Å²) in [4.78, 5) is 17.9. The Morgan fingerprint density at radius 1 is 1.26 bits per heavy atom. The number of thiophene rings is 1. The van der Waals surface area contributed by atoms with Crippen molar-refractivity contribution >= 4 is 28.4 Å². The van der Waals surface area contributed by atoms with Gasteiger partial charge in [0.15, 0.2) is 0 Å². The molecular formula is C18H14FN5O2S. The van der Waals surface area contributed by atoms with E-state index in [1.807, 2.05) is 12.1 Å². The minimum atomic E-state index is -0.463. The summed E-state index contributed by atoms with van der Waals surface area (Å²) < 4.78 is 20.8. The topological polar surface area (TPSA) is 77.1 Å². The van der Waals surface area contributed by atoms with Crippen LogP contribution in [0.25, 0.3) is 22.1 Å². The zero-order valence-corrected chi connectivity index (χ0v) is 15.3. The van der Waals surface area contributed by atoms with Crippen molar-refractivity contribution in [2.45, 2.75) is 6.92 Å². The molecule has 0 saturated heterocycles. The van der Waals surface area contributed by atoms with E-state index in [2.05, 4.69) is 15.2 Å². The molecule has 0 fully saturated rings. The number of aromatic nitrogens is 4. The number of amides is 1. The van der Waals surface area contributed by atoms with Crippen molar-refractivity contribution in [1.29, 1.82) is 0 Å². The first-order valence-corrected chi connectivity index (χ1v) is 8.82. The molecule has 0 aliphatic carbocycles. The third-order valence-electron chi connectivity index (χ3n) is 3.94. The Morgan fingerprint density at radius 3 is 2.78 bits per heavy atom. The summed E-state index contributed by atoms with van der Waals surface area (Å²) in [7, 11) is 1.81. The number of anilines is 2. The van der Waals surface area contributed by atoms with Crippen molar-refractivity contribution < 1.29 is 13.7 Å². The van der Waals surface area contributed by atoms with E-state index in [1.165, 1.54) is 22.3 Å². The number of benzene rings is 1. The molecule has 4 aromatic rings. The molecule has 1 aromatic carbocycles. The molecule has 1 amide bonds. The van der Waals surface area contributed by atoms with Crippen LogP contribution >= 0.6 is 11.3 Å². The second-order valence-corrected chi connectivity index (χ2v) is 6.80. The van der Waals surface area contributed by atoms with E-state index in [1.54, 1.807) is 42.9 Å². The Bertz CT molecular complexity index is 1120. The molecule has 0 atom stereocenters. The SMILES string of the molecule is Cc1nc(-c2cc(-c3ccc(N(C=O)c4ccccc4F)s3)n(C)n2)no1. The van der Waals surface area contributed by atoms with Gasteiger partial charge in [-0.05, 0) is 30.3 Å². The highest BCUT2D eigenvalue weighted by Gasteiger charge is 2.18. The molecule has 3 heterocycles. The second kappa shape index (κ2) is 6.76. The molecule has 0 saturated carbocycles. The van der Waals surface area contributed by atoms with Gasteiger partial charge in [0.2, 0.25) is 18.1 Å². The Balaban J connectivity index is 1.69. The highest BCUT2D eigenvalue weighted by Crippen LogP contribution is 2.37. The van der Waals surface area contributed by atoms with Gasteiger partial charge in [-0.3, -0.25) is 14.4 Å². The molecule has 27 heavy (non-hydrogen) atoms. The van der Waals surface area contributed by atoms with Crippen LogP contribution in [0.2, 0.25) is 0 Å². The van der Waals surface area contributed by atoms with E-state index >= 15 is 0 Å². The minimum Gasteiger partial charge on any atom is -0.339 e. The predicted molar refractivity (Wildman–Crippen MR) is 99.2 cm³/mol. The molecule has 9 heteroatoms. The fourth-order valence-corrected chi connectivity index (χ4v) is 3.71. The highest BCUT2D eigenvalue weighted by molar-refractivity contribution is 7.19. The molecule has 7 nitrogen and oxygen atoms in total. The highest BCUT2D eigenvalue weighted by atomic mass is 32.1. The smallest absolute Gasteiger partial charge is 0.223 e. The number of hydrogen-bond donors (Lipinski definition) is 0. The zero-order valence-electron chi connectivity index (χ0n) is 14.5. The Morgan fingerprint density at radius 2 is 2.07 bits per heavy atom. The molecule has 0 radical (unpaired) electrons. The maximum Gasteiger partial charge on any atom is 0.223 e. The maximum atomic E-state index is 14.1. The van der Waals surface area contributed by atoms with Gasteiger partial charge in [-0.25, -0.2) is 4.39 Å². The maximum absolute atomic E-state index is 14.1. The van der Waals surface area contributed by atoms with Gasteiger partial charge in [-0.15, -0.1) is 11.3 Å². The molecule has 136 valence electrons. The van der Waals surface area contributed by atoms with Crippen LogP contribution in [0.5, 0.6) is 0 Å². The molecule has 0 unspecified atom stereocenters. The number of aryl methyl sites for hydroxylation is 2. The monoisotopic (exact) mass is 383 g/mol. The average Bonchev–Trinajstić information content (AvgIpc) is 3.37. The van der Waals surface area contributed by atoms with Gasteiger partial charge in [-0.2, -0.15) is 10.1 Å². The van der Waals surface area contributed by atoms with Gasteiger partial charge in [0, 0.05) is 14.0 Å². The number of rotatable bonds is 5. The lowest BCUT2D eigenvalue weighted by atomic mass is 10.3. The second-order valence-electron chi connectivity index (χ2n) is 5.74. The molecule has 0 spiro atoms. The standard InChI is InChI=1S/C18H14FN5O2S/c1-11-20-18(22-26-11)13-9-15(23(2)21-13)16-7-8-17(27-16)24(10-25)14-6-4-3-5-12(14)19/h3-10H,1-2H3. The fraction of sp³-hybridized carbons (Fsp3) is 0.111. The summed E-state index contributed by atoms with van der Waals surface area (Å²) in [5.74, 6) is 0.406. The van der Waals surface area contributed by atoms with Crippen LogP contribution in [0.15, 0.2) is 47.0 Å². The first kappa shape index (κ1) is 17.1. The van der Waals surface area contributed by atoms with Gasteiger partial charge in [0.05, 0.1) is 16.3 Å². The predicted octanol–water partition coefficient (Wildman–Crippen LogP) is 3.94. The lowest BCUT2D eigenvalue weighted by Crippen LogP contribution is -2.13. The third kappa shape index (κ3) is 3.13. The first-order valence-electron chi connectivity index (χ1n) is 8.01. The molecule has 4 rings (SSSR count). The summed E-state index contributed by atoms with van der Waals surface area (Å²) in [6, 6.07) is 11.6. The molecule has 3 aromatic heterocycles. The lowest BCUT2D eigenvalue weighted by molar-refractivity contribution is -0.106. The molecular weight excluding hydrogens is 369 g/mol. The molecule has 0 bridgehead atoms. The van der Waals surface area contributed by atoms with E-state index in [4.69, 9.17) is 4.52 Å². The van der Waals surface area contributed by atoms with E-state index < -0.39 is 5.82 Å². The summed E-state index contributed by atoms with van der Waals surface area (Å²) >= 11 is 1.35. The molecule has 0 aliphatic rings. The van der Waals surface area contributed by atoms with Crippen LogP contribution < -0.4 is 4.90 Å². The van der Waals surface area contributed by atoms with Gasteiger partial charge >= 0.3 is 0 Å². The van der Waals surface area contributed by atoms with Crippen LogP contribution in [0.4, 0.5) is 15.1 Å². The van der Waals surface area contributed by atoms with Crippen molar-refractivity contribution in [3.63, 3.8) is 0 Å². The van der Waals surface area contributed by atoms with E-state index in [0.717, 1.165) is 10.6 Å². The lowest BCUT2D eigenvalue weighted by Gasteiger charge is -2.15. The molecule has 0 N–H and O–H groups in total. The van der Waals surface area contributed by atoms with Crippen molar-refractivity contribution in [3.8, 4) is 22.1 Å². The first-order chi connectivity index (χ1) is 13.1. The van der Waals surface area contributed by atoms with Gasteiger partial charge in [-0.1, -0.05) is 17.3 Å². The number of carbonyl (C=O) groups excluding carboxylic acids is 1. The van der Waals surface area contributed by atoms with Crippen LogP contribution in [-0.4, -0.2) is 26.3 Å². The zero-order chi connectivity index (χ0) is 19.0. The Kier molecular flexibility index (Phi) is 4.28. The number of carbonyl (C=O) groups is 1. The number of nitrogens with zero attached hydrogens (tertiary/aromatic N) is 5. The normalized spacial score (nSPS) is 10.9. The van der Waals surface area contributed by atoms with Crippen molar-refractivity contribution in [2.24, 2.45) is 7.05 Å². The van der Waals surface area contributed by atoms with Gasteiger partial charge < -0.3 is 4.52 Å². The van der Waals surface area contributed by atoms with Crippen LogP contribution in [-0.2, 0) is 11.8 Å². The third-order valence-corrected chi connectivity index (χ3v) is 5.04. The summed E-state index contributed by atoms with van der Waals surface area (Å²) in [6.07, 6.45) is 0.602. The average molecular weight is 383 g/mol. The van der Waals surface area contributed by atoms with E-state index in [-0.39, 0.29) is 5.69 Å². The van der Waals surface area contributed by atoms with E-state index in [0.29, 0.717) is 28.8 Å². The van der Waals surface area contributed by atoms with E-state index in [9.17, 15) is 9.18 Å². The number of hydrogen-bond acceptors (Lipinski definition) is 6.